The first-order valence-electron chi connectivity index (χ1n) is 4.62. The lowest BCUT2D eigenvalue weighted by Crippen LogP contribution is -2.08. The van der Waals surface area contributed by atoms with Crippen molar-refractivity contribution in [1.29, 1.82) is 0 Å². The fourth-order valence-corrected chi connectivity index (χ4v) is 2.08. The van der Waals surface area contributed by atoms with Crippen LogP contribution >= 0.6 is 0 Å². The zero-order valence-corrected chi connectivity index (χ0v) is 7.77. The standard InChI is InChI=1S/C12H7NO2/c14-12-9-6-2-4-7-3-1-5-8(10(7)9)11(12)13-15/h1-6,15H/b13-11+. The van der Waals surface area contributed by atoms with Gasteiger partial charge in [-0.2, -0.15) is 0 Å². The van der Waals surface area contributed by atoms with Gasteiger partial charge < -0.3 is 5.21 Å². The summed E-state index contributed by atoms with van der Waals surface area (Å²) in [6.07, 6.45) is 0. The number of nitrogens with zero attached hydrogens (tertiary/aromatic N) is 1. The molecule has 2 aromatic carbocycles. The van der Waals surface area contributed by atoms with Gasteiger partial charge in [-0.25, -0.2) is 0 Å². The van der Waals surface area contributed by atoms with Gasteiger partial charge in [0.25, 0.3) is 0 Å². The van der Waals surface area contributed by atoms with E-state index in [-0.39, 0.29) is 11.5 Å². The molecule has 15 heavy (non-hydrogen) atoms. The molecule has 0 heterocycles. The molecule has 3 nitrogen and oxygen atoms in total. The number of ketones is 1. The Labute approximate surface area is 85.6 Å². The normalized spacial score (nSPS) is 16.5. The molecule has 1 aliphatic rings. The molecule has 0 saturated carbocycles. The molecule has 0 amide bonds. The van der Waals surface area contributed by atoms with Crippen molar-refractivity contribution in [1.82, 2.24) is 0 Å². The minimum atomic E-state index is -0.204. The molecule has 0 atom stereocenters. The molecule has 1 aliphatic carbocycles. The Morgan fingerprint density at radius 3 is 2.33 bits per heavy atom. The van der Waals surface area contributed by atoms with Crippen LogP contribution in [0.3, 0.4) is 0 Å². The third-order valence-electron chi connectivity index (χ3n) is 2.72. The van der Waals surface area contributed by atoms with Gasteiger partial charge in [0.2, 0.25) is 5.78 Å². The zero-order chi connectivity index (χ0) is 10.4. The molecule has 0 radical (unpaired) electrons. The van der Waals surface area contributed by atoms with E-state index in [1.807, 2.05) is 24.3 Å². The van der Waals surface area contributed by atoms with E-state index >= 15 is 0 Å². The first kappa shape index (κ1) is 8.17. The van der Waals surface area contributed by atoms with Crippen LogP contribution in [0, 0.1) is 0 Å². The summed E-state index contributed by atoms with van der Waals surface area (Å²) >= 11 is 0. The first-order chi connectivity index (χ1) is 7.33. The molecular formula is C12H7NO2. The van der Waals surface area contributed by atoms with Gasteiger partial charge in [-0.05, 0) is 5.39 Å². The number of Topliss-reactive ketones (excluding diaryl/α,β-unsaturated/α-hetero) is 1. The molecule has 3 heteroatoms. The highest BCUT2D eigenvalue weighted by Gasteiger charge is 2.28. The Morgan fingerprint density at radius 1 is 1.00 bits per heavy atom. The predicted octanol–water partition coefficient (Wildman–Crippen LogP) is 2.21. The zero-order valence-electron chi connectivity index (χ0n) is 7.77. The number of carbonyl (C=O) groups is 1. The third-order valence-corrected chi connectivity index (χ3v) is 2.72. The Bertz CT molecular complexity index is 609. The van der Waals surface area contributed by atoms with E-state index in [1.54, 1.807) is 12.1 Å². The number of oxime groups is 1. The highest BCUT2D eigenvalue weighted by Crippen LogP contribution is 2.30. The van der Waals surface area contributed by atoms with Crippen molar-refractivity contribution in [3.8, 4) is 0 Å². The predicted molar refractivity (Wildman–Crippen MR) is 56.6 cm³/mol. The second-order valence-corrected chi connectivity index (χ2v) is 3.49. The highest BCUT2D eigenvalue weighted by atomic mass is 16.4. The SMILES string of the molecule is O=C1/C(=N/O)c2cccc3cccc1c23. The number of hydrogen-bond acceptors (Lipinski definition) is 3. The van der Waals surface area contributed by atoms with Crippen LogP contribution in [-0.2, 0) is 0 Å². The fraction of sp³-hybridized carbons (Fsp3) is 0. The van der Waals surface area contributed by atoms with E-state index < -0.39 is 0 Å². The minimum absolute atomic E-state index is 0.141. The first-order valence-corrected chi connectivity index (χ1v) is 4.62. The molecule has 0 spiro atoms. The summed E-state index contributed by atoms with van der Waals surface area (Å²) in [6.45, 7) is 0. The van der Waals surface area contributed by atoms with Gasteiger partial charge in [0, 0.05) is 16.5 Å². The molecule has 0 bridgehead atoms. The molecule has 0 aromatic heterocycles. The second kappa shape index (κ2) is 2.67. The topological polar surface area (TPSA) is 49.7 Å². The fourth-order valence-electron chi connectivity index (χ4n) is 2.08. The van der Waals surface area contributed by atoms with Crippen molar-refractivity contribution >= 4 is 22.3 Å². The van der Waals surface area contributed by atoms with E-state index in [0.29, 0.717) is 5.56 Å². The summed E-state index contributed by atoms with van der Waals surface area (Å²) in [5.74, 6) is -0.204. The van der Waals surface area contributed by atoms with E-state index in [1.165, 1.54) is 0 Å². The number of hydrogen-bond donors (Lipinski definition) is 1. The van der Waals surface area contributed by atoms with E-state index in [4.69, 9.17) is 5.21 Å². The number of carbonyl (C=O) groups excluding carboxylic acids is 1. The van der Waals surface area contributed by atoms with Crippen LogP contribution in [0.1, 0.15) is 15.9 Å². The maximum Gasteiger partial charge on any atom is 0.216 e. The van der Waals surface area contributed by atoms with Crippen LogP contribution in [0.4, 0.5) is 0 Å². The van der Waals surface area contributed by atoms with Crippen LogP contribution in [0.25, 0.3) is 10.8 Å². The van der Waals surface area contributed by atoms with Gasteiger partial charge >= 0.3 is 0 Å². The maximum absolute atomic E-state index is 11.8. The number of benzene rings is 2. The Hall–Kier alpha value is -2.16. The summed E-state index contributed by atoms with van der Waals surface area (Å²) < 4.78 is 0. The lowest BCUT2D eigenvalue weighted by molar-refractivity contribution is 0.106. The summed E-state index contributed by atoms with van der Waals surface area (Å²) in [4.78, 5) is 11.8. The molecule has 0 fully saturated rings. The number of rotatable bonds is 0. The highest BCUT2D eigenvalue weighted by molar-refractivity contribution is 6.58. The quantitative estimate of drug-likeness (QED) is 0.520. The van der Waals surface area contributed by atoms with Crippen LogP contribution < -0.4 is 0 Å². The molecule has 0 aliphatic heterocycles. The summed E-state index contributed by atoms with van der Waals surface area (Å²) in [5.41, 5.74) is 1.48. The molecule has 72 valence electrons. The van der Waals surface area contributed by atoms with Crippen LogP contribution in [0.15, 0.2) is 41.6 Å². The van der Waals surface area contributed by atoms with Crippen molar-refractivity contribution < 1.29 is 10.0 Å². The third kappa shape index (κ3) is 0.892. The second-order valence-electron chi connectivity index (χ2n) is 3.49. The molecule has 1 N–H and O–H groups in total. The van der Waals surface area contributed by atoms with Gasteiger partial charge in [-0.1, -0.05) is 41.6 Å². The molecular weight excluding hydrogens is 190 g/mol. The average molecular weight is 197 g/mol. The van der Waals surface area contributed by atoms with Crippen molar-refractivity contribution in [2.75, 3.05) is 0 Å². The van der Waals surface area contributed by atoms with E-state index in [2.05, 4.69) is 5.16 Å². The lowest BCUT2D eigenvalue weighted by Gasteiger charge is -1.97. The minimum Gasteiger partial charge on any atom is -0.410 e. The van der Waals surface area contributed by atoms with Gasteiger partial charge in [-0.15, -0.1) is 0 Å². The maximum atomic E-state index is 11.8. The van der Waals surface area contributed by atoms with Crippen molar-refractivity contribution in [2.24, 2.45) is 5.16 Å². The average Bonchev–Trinajstić information content (AvgIpc) is 2.55. The molecule has 2 aromatic rings. The molecule has 0 saturated heterocycles. The van der Waals surface area contributed by atoms with Gasteiger partial charge in [0.15, 0.2) is 5.71 Å². The van der Waals surface area contributed by atoms with Crippen molar-refractivity contribution in [3.63, 3.8) is 0 Å². The monoisotopic (exact) mass is 197 g/mol. The lowest BCUT2D eigenvalue weighted by atomic mass is 10.1. The van der Waals surface area contributed by atoms with E-state index in [0.717, 1.165) is 16.3 Å². The summed E-state index contributed by atoms with van der Waals surface area (Å²) in [7, 11) is 0. The Balaban J connectivity index is 2.56. The molecule has 0 unspecified atom stereocenters. The van der Waals surface area contributed by atoms with Gasteiger partial charge in [0.1, 0.15) is 0 Å². The van der Waals surface area contributed by atoms with Crippen LogP contribution in [0.2, 0.25) is 0 Å². The van der Waals surface area contributed by atoms with Crippen LogP contribution in [-0.4, -0.2) is 16.7 Å². The van der Waals surface area contributed by atoms with Gasteiger partial charge in [0.05, 0.1) is 0 Å². The van der Waals surface area contributed by atoms with Gasteiger partial charge in [-0.3, -0.25) is 4.79 Å². The smallest absolute Gasteiger partial charge is 0.216 e. The largest absolute Gasteiger partial charge is 0.410 e. The van der Waals surface area contributed by atoms with Crippen LogP contribution in [0.5, 0.6) is 0 Å². The molecule has 3 rings (SSSR count). The summed E-state index contributed by atoms with van der Waals surface area (Å²) in [6, 6.07) is 11.1. The van der Waals surface area contributed by atoms with Crippen molar-refractivity contribution in [2.45, 2.75) is 0 Å². The Morgan fingerprint density at radius 2 is 1.67 bits per heavy atom. The summed E-state index contributed by atoms with van der Waals surface area (Å²) in [5, 5.41) is 13.8. The van der Waals surface area contributed by atoms with Crippen molar-refractivity contribution in [3.05, 3.63) is 47.5 Å². The Kier molecular flexibility index (Phi) is 1.45. The van der Waals surface area contributed by atoms with E-state index in [9.17, 15) is 4.79 Å².